The van der Waals surface area contributed by atoms with E-state index in [0.717, 1.165) is 12.0 Å². The number of fused-ring (bicyclic) bond motifs is 1. The van der Waals surface area contributed by atoms with Crippen LogP contribution in [0.4, 0.5) is 0 Å². The van der Waals surface area contributed by atoms with E-state index >= 15 is 0 Å². The van der Waals surface area contributed by atoms with Crippen molar-refractivity contribution in [2.24, 2.45) is 5.73 Å². The molecular weight excluding hydrogens is 190 g/mol. The molecule has 0 spiro atoms. The van der Waals surface area contributed by atoms with Crippen LogP contribution in [-0.2, 0) is 0 Å². The van der Waals surface area contributed by atoms with Gasteiger partial charge in [-0.3, -0.25) is 0 Å². The van der Waals surface area contributed by atoms with Crippen LogP contribution in [0.1, 0.15) is 12.0 Å². The van der Waals surface area contributed by atoms with E-state index in [9.17, 15) is 0 Å². The zero-order valence-electron chi connectivity index (χ0n) is 7.79. The Bertz CT molecular complexity index is 487. The molecule has 0 saturated heterocycles. The smallest absolute Gasteiger partial charge is 0.0355 e. The van der Waals surface area contributed by atoms with Crippen molar-refractivity contribution in [2.75, 3.05) is 6.54 Å². The molecule has 14 heavy (non-hydrogen) atoms. The molecular formula is C12H11NS. The number of nitrogens with two attached hydrogens (primary N) is 1. The highest BCUT2D eigenvalue weighted by atomic mass is 32.1. The maximum absolute atomic E-state index is 5.37. The maximum atomic E-state index is 5.37. The summed E-state index contributed by atoms with van der Waals surface area (Å²) in [5.41, 5.74) is 6.44. The van der Waals surface area contributed by atoms with Gasteiger partial charge in [0.1, 0.15) is 0 Å². The van der Waals surface area contributed by atoms with Gasteiger partial charge in [0.15, 0.2) is 0 Å². The lowest BCUT2D eigenvalue weighted by atomic mass is 10.2. The summed E-state index contributed by atoms with van der Waals surface area (Å²) >= 11 is 1.75. The minimum Gasteiger partial charge on any atom is -0.330 e. The number of hydrogen-bond donors (Lipinski definition) is 1. The van der Waals surface area contributed by atoms with Crippen LogP contribution < -0.4 is 5.73 Å². The Morgan fingerprint density at radius 1 is 1.29 bits per heavy atom. The van der Waals surface area contributed by atoms with E-state index < -0.39 is 0 Å². The van der Waals surface area contributed by atoms with Crippen LogP contribution in [0.5, 0.6) is 0 Å². The van der Waals surface area contributed by atoms with Gasteiger partial charge in [0, 0.05) is 23.2 Å². The van der Waals surface area contributed by atoms with Crippen LogP contribution in [-0.4, -0.2) is 6.54 Å². The molecule has 0 aliphatic rings. The molecule has 0 unspecified atom stereocenters. The van der Waals surface area contributed by atoms with Gasteiger partial charge in [-0.2, -0.15) is 0 Å². The summed E-state index contributed by atoms with van der Waals surface area (Å²) in [6, 6.07) is 8.41. The zero-order chi connectivity index (χ0) is 9.80. The second kappa shape index (κ2) is 4.28. The van der Waals surface area contributed by atoms with E-state index in [2.05, 4.69) is 41.5 Å². The van der Waals surface area contributed by atoms with Gasteiger partial charge in [-0.25, -0.2) is 0 Å². The molecule has 2 rings (SSSR count). The fraction of sp³-hybridized carbons (Fsp3) is 0.167. The van der Waals surface area contributed by atoms with Crippen molar-refractivity contribution in [3.63, 3.8) is 0 Å². The summed E-state index contributed by atoms with van der Waals surface area (Å²) in [5, 5.41) is 3.39. The number of rotatable bonds is 1. The van der Waals surface area contributed by atoms with Gasteiger partial charge in [-0.05, 0) is 29.0 Å². The van der Waals surface area contributed by atoms with E-state index in [1.54, 1.807) is 11.3 Å². The van der Waals surface area contributed by atoms with Gasteiger partial charge in [0.2, 0.25) is 0 Å². The Hall–Kier alpha value is -1.30. The number of thiophene rings is 1. The third-order valence-electron chi connectivity index (χ3n) is 1.96. The van der Waals surface area contributed by atoms with Crippen molar-refractivity contribution >= 4 is 21.4 Å². The van der Waals surface area contributed by atoms with Gasteiger partial charge < -0.3 is 5.73 Å². The summed E-state index contributed by atoms with van der Waals surface area (Å²) in [6.07, 6.45) is 0.766. The highest BCUT2D eigenvalue weighted by Crippen LogP contribution is 2.21. The highest BCUT2D eigenvalue weighted by Gasteiger charge is 1.94. The van der Waals surface area contributed by atoms with E-state index in [-0.39, 0.29) is 0 Å². The van der Waals surface area contributed by atoms with Crippen molar-refractivity contribution in [1.29, 1.82) is 0 Å². The van der Waals surface area contributed by atoms with E-state index in [0.29, 0.717) is 6.54 Å². The molecule has 1 aromatic carbocycles. The molecule has 0 fully saturated rings. The summed E-state index contributed by atoms with van der Waals surface area (Å²) in [4.78, 5) is 0. The zero-order valence-corrected chi connectivity index (χ0v) is 8.60. The molecule has 2 heteroatoms. The Labute approximate surface area is 87.6 Å². The van der Waals surface area contributed by atoms with Gasteiger partial charge in [0.05, 0.1) is 0 Å². The molecule has 0 amide bonds. The van der Waals surface area contributed by atoms with Crippen LogP contribution in [0.3, 0.4) is 0 Å². The normalized spacial score (nSPS) is 9.79. The van der Waals surface area contributed by atoms with Gasteiger partial charge in [-0.15, -0.1) is 11.3 Å². The minimum absolute atomic E-state index is 0.633. The topological polar surface area (TPSA) is 26.0 Å². The Morgan fingerprint density at radius 2 is 2.21 bits per heavy atom. The van der Waals surface area contributed by atoms with Crippen LogP contribution in [0.15, 0.2) is 29.6 Å². The average Bonchev–Trinajstić information content (AvgIpc) is 2.65. The molecule has 0 bridgehead atoms. The summed E-state index contributed by atoms with van der Waals surface area (Å²) < 4.78 is 1.30. The third kappa shape index (κ3) is 1.95. The predicted molar refractivity (Wildman–Crippen MR) is 62.4 cm³/mol. The lowest BCUT2D eigenvalue weighted by Crippen LogP contribution is -1.95. The van der Waals surface area contributed by atoms with E-state index in [4.69, 9.17) is 5.73 Å². The molecule has 1 heterocycles. The first kappa shape index (κ1) is 9.26. The predicted octanol–water partition coefficient (Wildman–Crippen LogP) is 2.60. The molecule has 0 atom stereocenters. The molecule has 2 N–H and O–H groups in total. The van der Waals surface area contributed by atoms with Gasteiger partial charge in [-0.1, -0.05) is 17.9 Å². The summed E-state index contributed by atoms with van der Waals surface area (Å²) in [6.45, 7) is 0.633. The molecule has 2 aromatic rings. The van der Waals surface area contributed by atoms with Crippen molar-refractivity contribution in [1.82, 2.24) is 0 Å². The monoisotopic (exact) mass is 201 g/mol. The Balaban J connectivity index is 2.31. The van der Waals surface area contributed by atoms with Crippen molar-refractivity contribution in [3.05, 3.63) is 35.2 Å². The van der Waals surface area contributed by atoms with Gasteiger partial charge in [0.25, 0.3) is 0 Å². The van der Waals surface area contributed by atoms with Crippen LogP contribution in [0.25, 0.3) is 10.1 Å². The quantitative estimate of drug-likeness (QED) is 0.705. The van der Waals surface area contributed by atoms with Crippen molar-refractivity contribution < 1.29 is 0 Å². The standard InChI is InChI=1S/C12H11NS/c13-7-2-1-3-10-4-5-11-6-8-14-12(11)9-10/h4-6,8-9H,2,7,13H2. The van der Waals surface area contributed by atoms with Crippen LogP contribution in [0, 0.1) is 11.8 Å². The highest BCUT2D eigenvalue weighted by molar-refractivity contribution is 7.17. The molecule has 1 nitrogen and oxygen atoms in total. The third-order valence-corrected chi connectivity index (χ3v) is 2.84. The first-order valence-corrected chi connectivity index (χ1v) is 5.44. The minimum atomic E-state index is 0.633. The first-order valence-electron chi connectivity index (χ1n) is 4.56. The first-order chi connectivity index (χ1) is 6.90. The van der Waals surface area contributed by atoms with Crippen molar-refractivity contribution in [3.8, 4) is 11.8 Å². The maximum Gasteiger partial charge on any atom is 0.0355 e. The lowest BCUT2D eigenvalue weighted by Gasteiger charge is -1.90. The van der Waals surface area contributed by atoms with Crippen molar-refractivity contribution in [2.45, 2.75) is 6.42 Å². The number of hydrogen-bond acceptors (Lipinski definition) is 2. The number of benzene rings is 1. The molecule has 0 aliphatic heterocycles. The molecule has 1 aromatic heterocycles. The van der Waals surface area contributed by atoms with Crippen LogP contribution >= 0.6 is 11.3 Å². The SMILES string of the molecule is NCCC#Cc1ccc2ccsc2c1. The Kier molecular flexibility index (Phi) is 2.83. The largest absolute Gasteiger partial charge is 0.330 e. The molecule has 70 valence electrons. The fourth-order valence-corrected chi connectivity index (χ4v) is 2.10. The lowest BCUT2D eigenvalue weighted by molar-refractivity contribution is 1.03. The molecule has 0 saturated carbocycles. The Morgan fingerprint density at radius 3 is 3.07 bits per heavy atom. The van der Waals surface area contributed by atoms with E-state index in [1.165, 1.54) is 10.1 Å². The molecule has 0 aliphatic carbocycles. The average molecular weight is 201 g/mol. The second-order valence-electron chi connectivity index (χ2n) is 3.01. The van der Waals surface area contributed by atoms with Crippen LogP contribution in [0.2, 0.25) is 0 Å². The molecule has 0 radical (unpaired) electrons. The second-order valence-corrected chi connectivity index (χ2v) is 3.96. The summed E-state index contributed by atoms with van der Waals surface area (Å²) in [5.74, 6) is 6.14. The summed E-state index contributed by atoms with van der Waals surface area (Å²) in [7, 11) is 0. The van der Waals surface area contributed by atoms with E-state index in [1.807, 2.05) is 0 Å². The van der Waals surface area contributed by atoms with Gasteiger partial charge >= 0.3 is 0 Å². The fourth-order valence-electron chi connectivity index (χ4n) is 1.27.